The van der Waals surface area contributed by atoms with E-state index in [1.807, 2.05) is 35.6 Å². The Morgan fingerprint density at radius 2 is 1.30 bits per heavy atom. The van der Waals surface area contributed by atoms with E-state index in [2.05, 4.69) is 0 Å². The maximum Gasteiger partial charge on any atom is 0.340 e. The fraction of sp³-hybridized carbons (Fsp3) is 0.200. The van der Waals surface area contributed by atoms with Gasteiger partial charge in [-0.05, 0) is 30.7 Å². The SMILES string of the molecule is COC(=O)c1c(C(=O)OC)c2ccc3c(C)ccc1n32. The summed E-state index contributed by atoms with van der Waals surface area (Å²) >= 11 is 0. The van der Waals surface area contributed by atoms with Crippen LogP contribution in [-0.2, 0) is 9.47 Å². The van der Waals surface area contributed by atoms with Crippen molar-refractivity contribution in [1.29, 1.82) is 0 Å². The van der Waals surface area contributed by atoms with Crippen molar-refractivity contribution in [2.24, 2.45) is 0 Å². The quantitative estimate of drug-likeness (QED) is 0.672. The van der Waals surface area contributed by atoms with Gasteiger partial charge < -0.3 is 13.9 Å². The van der Waals surface area contributed by atoms with Crippen LogP contribution in [0.4, 0.5) is 0 Å². The van der Waals surface area contributed by atoms with Crippen molar-refractivity contribution in [1.82, 2.24) is 4.40 Å². The minimum atomic E-state index is -0.542. The molecule has 3 aromatic rings. The minimum Gasteiger partial charge on any atom is -0.465 e. The number of rotatable bonds is 2. The Bertz CT molecular complexity index is 814. The molecule has 0 amide bonds. The molecule has 0 radical (unpaired) electrons. The fourth-order valence-corrected chi connectivity index (χ4v) is 2.63. The van der Waals surface area contributed by atoms with Gasteiger partial charge in [-0.1, -0.05) is 6.07 Å². The molecule has 0 aromatic carbocycles. The van der Waals surface area contributed by atoms with Crippen LogP contribution in [-0.4, -0.2) is 30.6 Å². The molecule has 0 saturated heterocycles. The number of aryl methyl sites for hydroxylation is 1. The smallest absolute Gasteiger partial charge is 0.340 e. The van der Waals surface area contributed by atoms with Gasteiger partial charge in [0.05, 0.1) is 25.3 Å². The first kappa shape index (κ1) is 12.5. The standard InChI is InChI=1S/C15H13NO4/c1-8-4-5-10-12(14(17)19-2)13(15(18)20-3)11-7-6-9(8)16(10)11/h4-7H,1-3H3. The van der Waals surface area contributed by atoms with Crippen LogP contribution in [0.1, 0.15) is 26.3 Å². The summed E-state index contributed by atoms with van der Waals surface area (Å²) in [6, 6.07) is 7.46. The number of carbonyl (C=O) groups is 2. The molecule has 20 heavy (non-hydrogen) atoms. The summed E-state index contributed by atoms with van der Waals surface area (Å²) < 4.78 is 11.5. The van der Waals surface area contributed by atoms with E-state index in [0.717, 1.165) is 11.1 Å². The lowest BCUT2D eigenvalue weighted by Gasteiger charge is -2.03. The summed E-state index contributed by atoms with van der Waals surface area (Å²) in [4.78, 5) is 24.1. The molecule has 102 valence electrons. The second-order valence-corrected chi connectivity index (χ2v) is 4.57. The van der Waals surface area contributed by atoms with Crippen molar-refractivity contribution in [3.63, 3.8) is 0 Å². The van der Waals surface area contributed by atoms with Gasteiger partial charge in [0.15, 0.2) is 0 Å². The van der Waals surface area contributed by atoms with E-state index in [0.29, 0.717) is 11.0 Å². The van der Waals surface area contributed by atoms with E-state index >= 15 is 0 Å². The van der Waals surface area contributed by atoms with Crippen molar-refractivity contribution in [2.75, 3.05) is 14.2 Å². The van der Waals surface area contributed by atoms with Crippen molar-refractivity contribution in [3.8, 4) is 0 Å². The Labute approximate surface area is 115 Å². The lowest BCUT2D eigenvalue weighted by Crippen LogP contribution is -2.09. The minimum absolute atomic E-state index is 0.250. The average molecular weight is 271 g/mol. The zero-order valence-electron chi connectivity index (χ0n) is 11.4. The van der Waals surface area contributed by atoms with Crippen molar-refractivity contribution < 1.29 is 19.1 Å². The molecule has 0 spiro atoms. The van der Waals surface area contributed by atoms with E-state index in [9.17, 15) is 9.59 Å². The Kier molecular flexibility index (Phi) is 2.64. The first-order valence-corrected chi connectivity index (χ1v) is 6.13. The molecular weight excluding hydrogens is 258 g/mol. The first-order valence-electron chi connectivity index (χ1n) is 6.13. The van der Waals surface area contributed by atoms with Crippen LogP contribution >= 0.6 is 0 Å². The van der Waals surface area contributed by atoms with E-state index in [1.54, 1.807) is 0 Å². The van der Waals surface area contributed by atoms with E-state index in [4.69, 9.17) is 9.47 Å². The lowest BCUT2D eigenvalue weighted by molar-refractivity contribution is 0.0559. The Hall–Kier alpha value is -2.56. The third-order valence-electron chi connectivity index (χ3n) is 3.56. The molecule has 0 N–H and O–H groups in total. The molecule has 5 nitrogen and oxygen atoms in total. The second-order valence-electron chi connectivity index (χ2n) is 4.57. The number of ether oxygens (including phenoxy) is 2. The Morgan fingerprint density at radius 1 is 0.850 bits per heavy atom. The number of nitrogens with zero attached hydrogens (tertiary/aromatic N) is 1. The summed E-state index contributed by atoms with van der Waals surface area (Å²) in [7, 11) is 2.59. The van der Waals surface area contributed by atoms with E-state index in [1.165, 1.54) is 14.2 Å². The molecule has 0 saturated carbocycles. The summed E-state index contributed by atoms with van der Waals surface area (Å²) in [5, 5.41) is 0. The van der Waals surface area contributed by atoms with Crippen LogP contribution in [0.15, 0.2) is 24.3 Å². The largest absolute Gasteiger partial charge is 0.465 e. The third kappa shape index (κ3) is 1.43. The van der Waals surface area contributed by atoms with E-state index in [-0.39, 0.29) is 11.1 Å². The van der Waals surface area contributed by atoms with Crippen molar-refractivity contribution in [3.05, 3.63) is 41.0 Å². The zero-order chi connectivity index (χ0) is 14.4. The van der Waals surface area contributed by atoms with E-state index < -0.39 is 11.9 Å². The molecule has 0 aliphatic carbocycles. The molecule has 0 fully saturated rings. The molecule has 5 heteroatoms. The lowest BCUT2D eigenvalue weighted by atomic mass is 10.1. The van der Waals surface area contributed by atoms with Gasteiger partial charge in [-0.25, -0.2) is 9.59 Å². The maximum atomic E-state index is 12.0. The topological polar surface area (TPSA) is 57.0 Å². The van der Waals surface area contributed by atoms with Gasteiger partial charge >= 0.3 is 11.9 Å². The third-order valence-corrected chi connectivity index (χ3v) is 3.56. The Morgan fingerprint density at radius 3 is 1.80 bits per heavy atom. The predicted molar refractivity (Wildman–Crippen MR) is 73.5 cm³/mol. The number of methoxy groups -OCH3 is 2. The highest BCUT2D eigenvalue weighted by Crippen LogP contribution is 2.31. The number of carbonyl (C=O) groups excluding carboxylic acids is 2. The van der Waals surface area contributed by atoms with Crippen LogP contribution in [0.3, 0.4) is 0 Å². The maximum absolute atomic E-state index is 12.0. The van der Waals surface area contributed by atoms with Gasteiger partial charge in [0, 0.05) is 5.52 Å². The average Bonchev–Trinajstić information content (AvgIpc) is 3.02. The monoisotopic (exact) mass is 271 g/mol. The zero-order valence-corrected chi connectivity index (χ0v) is 11.4. The summed E-state index contributed by atoms with van der Waals surface area (Å²) in [5.74, 6) is -1.08. The fourth-order valence-electron chi connectivity index (χ4n) is 2.63. The summed E-state index contributed by atoms with van der Waals surface area (Å²) in [6.07, 6.45) is 0. The van der Waals surface area contributed by atoms with Gasteiger partial charge in [-0.15, -0.1) is 0 Å². The molecule has 0 bridgehead atoms. The number of aromatic nitrogens is 1. The van der Waals surface area contributed by atoms with Crippen LogP contribution < -0.4 is 0 Å². The van der Waals surface area contributed by atoms with Crippen LogP contribution in [0.25, 0.3) is 16.6 Å². The number of hydrogen-bond acceptors (Lipinski definition) is 4. The highest BCUT2D eigenvalue weighted by Gasteiger charge is 2.28. The van der Waals surface area contributed by atoms with Crippen LogP contribution in [0, 0.1) is 6.92 Å². The van der Waals surface area contributed by atoms with Crippen molar-refractivity contribution >= 4 is 28.5 Å². The highest BCUT2D eigenvalue weighted by molar-refractivity contribution is 6.14. The molecule has 3 heterocycles. The second kappa shape index (κ2) is 4.23. The molecular formula is C15H13NO4. The van der Waals surface area contributed by atoms with Crippen molar-refractivity contribution in [2.45, 2.75) is 6.92 Å². The van der Waals surface area contributed by atoms with Gasteiger partial charge in [0.1, 0.15) is 11.1 Å². The number of hydrogen-bond donors (Lipinski definition) is 0. The Balaban J connectivity index is 2.51. The molecule has 0 unspecified atom stereocenters. The molecule has 0 aliphatic rings. The summed E-state index contributed by atoms with van der Waals surface area (Å²) in [6.45, 7) is 1.98. The van der Waals surface area contributed by atoms with Gasteiger partial charge in [0.2, 0.25) is 0 Å². The molecule has 0 aliphatic heterocycles. The first-order chi connectivity index (χ1) is 9.60. The van der Waals surface area contributed by atoms with Gasteiger partial charge in [-0.3, -0.25) is 0 Å². The van der Waals surface area contributed by atoms with Crippen LogP contribution in [0.2, 0.25) is 0 Å². The highest BCUT2D eigenvalue weighted by atomic mass is 16.5. The number of esters is 2. The predicted octanol–water partition coefficient (Wildman–Crippen LogP) is 2.41. The van der Waals surface area contributed by atoms with Gasteiger partial charge in [0.25, 0.3) is 0 Å². The molecule has 0 atom stereocenters. The van der Waals surface area contributed by atoms with Gasteiger partial charge in [-0.2, -0.15) is 0 Å². The molecule has 3 aromatic heterocycles. The normalized spacial score (nSPS) is 11.2. The molecule has 3 rings (SSSR count). The summed E-state index contributed by atoms with van der Waals surface area (Å²) in [5.41, 5.74) is 3.83. The number of pyridine rings is 1. The van der Waals surface area contributed by atoms with Crippen LogP contribution in [0.5, 0.6) is 0 Å².